The van der Waals surface area contributed by atoms with Crippen molar-refractivity contribution in [3.8, 4) is 0 Å². The van der Waals surface area contributed by atoms with E-state index in [2.05, 4.69) is 71.3 Å². The summed E-state index contributed by atoms with van der Waals surface area (Å²) in [6.07, 6.45) is 0.985. The Kier molecular flexibility index (Phi) is 6.59. The molecule has 1 saturated heterocycles. The first-order chi connectivity index (χ1) is 12.3. The van der Waals surface area contributed by atoms with Gasteiger partial charge in [-0.1, -0.05) is 60.7 Å². The van der Waals surface area contributed by atoms with Crippen LogP contribution in [0.15, 0.2) is 60.7 Å². The second-order valence-electron chi connectivity index (χ2n) is 6.79. The lowest BCUT2D eigenvalue weighted by molar-refractivity contribution is -0.0261. The van der Waals surface area contributed by atoms with E-state index in [0.717, 1.165) is 19.5 Å². The number of nitrogens with one attached hydrogen (secondary N) is 2. The minimum atomic E-state index is -0.828. The van der Waals surface area contributed by atoms with Gasteiger partial charge < -0.3 is 20.5 Å². The number of ether oxygens (including phenoxy) is 1. The van der Waals surface area contributed by atoms with Crippen LogP contribution in [-0.4, -0.2) is 50.1 Å². The maximum Gasteiger partial charge on any atom is 0.113 e. The Balaban J connectivity index is 1.58. The topological polar surface area (TPSA) is 53.5 Å². The molecule has 4 heteroatoms. The zero-order chi connectivity index (χ0) is 17.4. The molecule has 0 unspecified atom stereocenters. The van der Waals surface area contributed by atoms with Crippen LogP contribution in [0, 0.1) is 0 Å². The van der Waals surface area contributed by atoms with Crippen LogP contribution in [0.2, 0.25) is 0 Å². The molecule has 25 heavy (non-hydrogen) atoms. The predicted molar refractivity (Wildman–Crippen MR) is 101 cm³/mol. The van der Waals surface area contributed by atoms with Gasteiger partial charge in [0.25, 0.3) is 0 Å². The fourth-order valence-corrected chi connectivity index (χ4v) is 3.36. The molecule has 2 aromatic carbocycles. The summed E-state index contributed by atoms with van der Waals surface area (Å²) in [6.45, 7) is 3.79. The number of aliphatic hydroxyl groups is 1. The van der Waals surface area contributed by atoms with E-state index in [1.807, 2.05) is 0 Å². The molecule has 134 valence electrons. The molecular weight excluding hydrogens is 312 g/mol. The fraction of sp³-hybridized carbons (Fsp3) is 0.429. The molecule has 0 saturated carbocycles. The highest BCUT2D eigenvalue weighted by Crippen LogP contribution is 2.27. The van der Waals surface area contributed by atoms with Gasteiger partial charge in [-0.05, 0) is 24.1 Å². The maximum absolute atomic E-state index is 10.6. The normalized spacial score (nSPS) is 21.2. The molecule has 1 atom stereocenters. The Hall–Kier alpha value is -1.72. The highest BCUT2D eigenvalue weighted by molar-refractivity contribution is 5.32. The molecule has 0 amide bonds. The van der Waals surface area contributed by atoms with Crippen molar-refractivity contribution < 1.29 is 9.84 Å². The SMILES string of the molecule is O[C@@]1(CNCCC(c2ccccc2)c2ccccc2)CNCCOC1. The molecular formula is C21H28N2O2. The highest BCUT2D eigenvalue weighted by atomic mass is 16.5. The third-order valence-corrected chi connectivity index (χ3v) is 4.72. The van der Waals surface area contributed by atoms with Gasteiger partial charge in [0, 0.05) is 25.6 Å². The van der Waals surface area contributed by atoms with Gasteiger partial charge in [0.1, 0.15) is 5.60 Å². The Morgan fingerprint density at radius 2 is 1.68 bits per heavy atom. The molecule has 1 heterocycles. The summed E-state index contributed by atoms with van der Waals surface area (Å²) >= 11 is 0. The van der Waals surface area contributed by atoms with Crippen LogP contribution in [0.3, 0.4) is 0 Å². The van der Waals surface area contributed by atoms with Crippen LogP contribution in [0.5, 0.6) is 0 Å². The van der Waals surface area contributed by atoms with Crippen molar-refractivity contribution in [2.24, 2.45) is 0 Å². The number of benzene rings is 2. The quantitative estimate of drug-likeness (QED) is 0.676. The number of rotatable bonds is 7. The lowest BCUT2D eigenvalue weighted by Gasteiger charge is -2.27. The molecule has 4 nitrogen and oxygen atoms in total. The second kappa shape index (κ2) is 9.11. The first kappa shape index (κ1) is 18.1. The highest BCUT2D eigenvalue weighted by Gasteiger charge is 2.28. The van der Waals surface area contributed by atoms with E-state index in [1.54, 1.807) is 0 Å². The number of hydrogen-bond donors (Lipinski definition) is 3. The number of β-amino-alcohol motifs (C(OH)–C–C–N with tert-alkyl or cyclic N) is 1. The summed E-state index contributed by atoms with van der Waals surface area (Å²) in [6, 6.07) is 21.2. The van der Waals surface area contributed by atoms with E-state index >= 15 is 0 Å². The molecule has 2 aromatic rings. The van der Waals surface area contributed by atoms with E-state index in [0.29, 0.717) is 32.2 Å². The lowest BCUT2D eigenvalue weighted by Crippen LogP contribution is -2.50. The van der Waals surface area contributed by atoms with Crippen molar-refractivity contribution in [3.63, 3.8) is 0 Å². The van der Waals surface area contributed by atoms with Crippen molar-refractivity contribution >= 4 is 0 Å². The molecule has 1 aliphatic rings. The Bertz CT molecular complexity index is 571. The van der Waals surface area contributed by atoms with Crippen molar-refractivity contribution in [2.45, 2.75) is 17.9 Å². The van der Waals surface area contributed by atoms with Crippen LogP contribution in [0.25, 0.3) is 0 Å². The first-order valence-electron chi connectivity index (χ1n) is 9.08. The zero-order valence-electron chi connectivity index (χ0n) is 14.7. The van der Waals surface area contributed by atoms with Gasteiger partial charge in [0.15, 0.2) is 0 Å². The predicted octanol–water partition coefficient (Wildman–Crippen LogP) is 2.15. The molecule has 0 bridgehead atoms. The van der Waals surface area contributed by atoms with Crippen molar-refractivity contribution in [1.82, 2.24) is 10.6 Å². The third kappa shape index (κ3) is 5.38. The van der Waals surface area contributed by atoms with Crippen molar-refractivity contribution in [2.75, 3.05) is 39.4 Å². The summed E-state index contributed by atoms with van der Waals surface area (Å²) in [5.74, 6) is 0.355. The van der Waals surface area contributed by atoms with Crippen LogP contribution >= 0.6 is 0 Å². The molecule has 0 spiro atoms. The monoisotopic (exact) mass is 340 g/mol. The summed E-state index contributed by atoms with van der Waals surface area (Å²) in [5, 5.41) is 17.2. The third-order valence-electron chi connectivity index (χ3n) is 4.72. The van der Waals surface area contributed by atoms with Crippen molar-refractivity contribution in [1.29, 1.82) is 0 Å². The van der Waals surface area contributed by atoms with Gasteiger partial charge in [-0.2, -0.15) is 0 Å². The van der Waals surface area contributed by atoms with Gasteiger partial charge in [-0.3, -0.25) is 0 Å². The molecule has 1 fully saturated rings. The Morgan fingerprint density at radius 1 is 1.04 bits per heavy atom. The van der Waals surface area contributed by atoms with Crippen LogP contribution in [-0.2, 0) is 4.74 Å². The summed E-state index contributed by atoms with van der Waals surface area (Å²) in [5.41, 5.74) is 1.83. The second-order valence-corrected chi connectivity index (χ2v) is 6.79. The summed E-state index contributed by atoms with van der Waals surface area (Å²) in [4.78, 5) is 0. The molecule has 1 aliphatic heterocycles. The molecule has 0 aromatic heterocycles. The lowest BCUT2D eigenvalue weighted by atomic mass is 9.88. The molecule has 0 aliphatic carbocycles. The summed E-state index contributed by atoms with van der Waals surface area (Å²) in [7, 11) is 0. The van der Waals surface area contributed by atoms with Gasteiger partial charge in [0.05, 0.1) is 13.2 Å². The van der Waals surface area contributed by atoms with E-state index in [-0.39, 0.29) is 0 Å². The van der Waals surface area contributed by atoms with Crippen LogP contribution in [0.1, 0.15) is 23.5 Å². The van der Waals surface area contributed by atoms with E-state index in [4.69, 9.17) is 4.74 Å². The standard InChI is InChI=1S/C21H28N2O2/c24-21(16-23-13-14-25-17-21)15-22-12-11-20(18-7-3-1-4-8-18)19-9-5-2-6-10-19/h1-10,20,22-24H,11-17H2/t21-/m0/s1. The van der Waals surface area contributed by atoms with Gasteiger partial charge in [0.2, 0.25) is 0 Å². The van der Waals surface area contributed by atoms with E-state index in [9.17, 15) is 5.11 Å². The minimum Gasteiger partial charge on any atom is -0.385 e. The van der Waals surface area contributed by atoms with Gasteiger partial charge in [-0.25, -0.2) is 0 Å². The fourth-order valence-electron chi connectivity index (χ4n) is 3.36. The Labute approximate surface area is 150 Å². The van der Waals surface area contributed by atoms with Crippen LogP contribution < -0.4 is 10.6 Å². The molecule has 3 N–H and O–H groups in total. The molecule has 3 rings (SSSR count). The number of hydrogen-bond acceptors (Lipinski definition) is 4. The average molecular weight is 340 g/mol. The van der Waals surface area contributed by atoms with Gasteiger partial charge in [-0.15, -0.1) is 0 Å². The minimum absolute atomic E-state index is 0.355. The van der Waals surface area contributed by atoms with E-state index < -0.39 is 5.60 Å². The van der Waals surface area contributed by atoms with Crippen molar-refractivity contribution in [3.05, 3.63) is 71.8 Å². The average Bonchev–Trinajstić information content (AvgIpc) is 2.88. The Morgan fingerprint density at radius 3 is 2.32 bits per heavy atom. The van der Waals surface area contributed by atoms with Crippen LogP contribution in [0.4, 0.5) is 0 Å². The zero-order valence-corrected chi connectivity index (χ0v) is 14.7. The van der Waals surface area contributed by atoms with Gasteiger partial charge >= 0.3 is 0 Å². The summed E-state index contributed by atoms with van der Waals surface area (Å²) < 4.78 is 5.47. The largest absolute Gasteiger partial charge is 0.385 e. The first-order valence-corrected chi connectivity index (χ1v) is 9.08. The maximum atomic E-state index is 10.6. The molecule has 0 radical (unpaired) electrons. The smallest absolute Gasteiger partial charge is 0.113 e. The van der Waals surface area contributed by atoms with E-state index in [1.165, 1.54) is 11.1 Å².